The number of aliphatic carboxylic acids is 1. The van der Waals surface area contributed by atoms with Gasteiger partial charge in [0.1, 0.15) is 0 Å². The predicted octanol–water partition coefficient (Wildman–Crippen LogP) is 2.52. The average molecular weight is 320 g/mol. The molecule has 0 saturated carbocycles. The first-order valence-electron chi connectivity index (χ1n) is 7.50. The highest BCUT2D eigenvalue weighted by Gasteiger charge is 2.42. The van der Waals surface area contributed by atoms with E-state index in [1.54, 1.807) is 25.1 Å². The van der Waals surface area contributed by atoms with Crippen LogP contribution in [0.1, 0.15) is 27.2 Å². The number of rotatable bonds is 2. The molecule has 1 aromatic rings. The molecule has 124 valence electrons. The smallest absolute Gasteiger partial charge is 0.321 e. The third-order valence-electron chi connectivity index (χ3n) is 4.18. The van der Waals surface area contributed by atoms with E-state index in [1.165, 1.54) is 4.90 Å². The van der Waals surface area contributed by atoms with Crippen molar-refractivity contribution in [1.29, 1.82) is 0 Å². The van der Waals surface area contributed by atoms with Crippen molar-refractivity contribution in [3.8, 4) is 11.5 Å². The van der Waals surface area contributed by atoms with Crippen LogP contribution < -0.4 is 14.8 Å². The van der Waals surface area contributed by atoms with Gasteiger partial charge in [-0.1, -0.05) is 0 Å². The molecule has 0 spiro atoms. The Balaban J connectivity index is 1.67. The summed E-state index contributed by atoms with van der Waals surface area (Å²) in [5.41, 5.74) is -0.296. The number of fused-ring (bicyclic) bond motifs is 1. The van der Waals surface area contributed by atoms with Crippen molar-refractivity contribution in [2.45, 2.75) is 33.0 Å². The molecule has 2 heterocycles. The van der Waals surface area contributed by atoms with Gasteiger partial charge in [-0.2, -0.15) is 0 Å². The minimum Gasteiger partial charge on any atom is -0.481 e. The molecule has 1 fully saturated rings. The first-order valence-corrected chi connectivity index (χ1v) is 7.50. The van der Waals surface area contributed by atoms with Crippen LogP contribution >= 0.6 is 0 Å². The summed E-state index contributed by atoms with van der Waals surface area (Å²) in [6.07, 6.45) is 0.449. The van der Waals surface area contributed by atoms with E-state index in [0.717, 1.165) is 0 Å². The fourth-order valence-corrected chi connectivity index (χ4v) is 2.81. The minimum atomic E-state index is -0.879. The molecule has 0 aromatic heterocycles. The Morgan fingerprint density at radius 2 is 1.91 bits per heavy atom. The van der Waals surface area contributed by atoms with Gasteiger partial charge in [-0.05, 0) is 25.5 Å². The van der Waals surface area contributed by atoms with E-state index in [2.05, 4.69) is 5.32 Å². The summed E-state index contributed by atoms with van der Waals surface area (Å²) < 4.78 is 11.2. The molecular formula is C16H20N2O5. The molecule has 2 aliphatic rings. The summed E-state index contributed by atoms with van der Waals surface area (Å²) >= 11 is 0. The van der Waals surface area contributed by atoms with Gasteiger partial charge >= 0.3 is 12.0 Å². The third-order valence-corrected chi connectivity index (χ3v) is 4.18. The maximum atomic E-state index is 12.3. The lowest BCUT2D eigenvalue weighted by molar-refractivity contribution is -0.146. The number of nitrogens with zero attached hydrogens (tertiary/aromatic N) is 1. The molecule has 0 bridgehead atoms. The van der Waals surface area contributed by atoms with E-state index in [1.807, 2.05) is 13.8 Å². The lowest BCUT2D eigenvalue weighted by Gasteiger charge is -2.20. The van der Waals surface area contributed by atoms with Crippen LogP contribution in [0.15, 0.2) is 18.2 Å². The molecule has 1 saturated heterocycles. The zero-order valence-corrected chi connectivity index (χ0v) is 13.4. The first-order chi connectivity index (χ1) is 10.7. The van der Waals surface area contributed by atoms with Crippen LogP contribution in [0.5, 0.6) is 11.5 Å². The van der Waals surface area contributed by atoms with Crippen LogP contribution in [0.3, 0.4) is 0 Å². The summed E-state index contributed by atoms with van der Waals surface area (Å²) in [7, 11) is 0. The standard InChI is InChI=1S/C16H20N2O5/c1-15(2)22-11-5-4-10(8-12(11)23-15)17-14(21)18-7-6-16(3,9-18)13(19)20/h4-5,8H,6-7,9H2,1-3H3,(H,17,21)(H,19,20). The quantitative estimate of drug-likeness (QED) is 0.874. The fourth-order valence-electron chi connectivity index (χ4n) is 2.81. The lowest BCUT2D eigenvalue weighted by Crippen LogP contribution is -2.37. The largest absolute Gasteiger partial charge is 0.481 e. The van der Waals surface area contributed by atoms with Crippen LogP contribution in [-0.2, 0) is 4.79 Å². The molecule has 1 aromatic carbocycles. The zero-order valence-electron chi connectivity index (χ0n) is 13.4. The highest BCUT2D eigenvalue weighted by atomic mass is 16.7. The molecule has 2 N–H and O–H groups in total. The molecule has 2 aliphatic heterocycles. The Hall–Kier alpha value is -2.44. The summed E-state index contributed by atoms with van der Waals surface area (Å²) in [5.74, 6) is -0.390. The molecule has 0 radical (unpaired) electrons. The van der Waals surface area contributed by atoms with Gasteiger partial charge in [-0.3, -0.25) is 4.79 Å². The number of hydrogen-bond donors (Lipinski definition) is 2. The highest BCUT2D eigenvalue weighted by molar-refractivity contribution is 5.90. The van der Waals surface area contributed by atoms with Crippen molar-refractivity contribution in [2.75, 3.05) is 18.4 Å². The highest BCUT2D eigenvalue weighted by Crippen LogP contribution is 2.40. The van der Waals surface area contributed by atoms with E-state index >= 15 is 0 Å². The third kappa shape index (κ3) is 2.91. The van der Waals surface area contributed by atoms with Crippen LogP contribution in [-0.4, -0.2) is 40.9 Å². The fraction of sp³-hybridized carbons (Fsp3) is 0.500. The summed E-state index contributed by atoms with van der Waals surface area (Å²) in [4.78, 5) is 25.1. The molecular weight excluding hydrogens is 300 g/mol. The normalized spacial score (nSPS) is 24.6. The number of carbonyl (C=O) groups excluding carboxylic acids is 1. The monoisotopic (exact) mass is 320 g/mol. The van der Waals surface area contributed by atoms with Gasteiger partial charge in [0.05, 0.1) is 5.41 Å². The van der Waals surface area contributed by atoms with Crippen molar-refractivity contribution < 1.29 is 24.2 Å². The number of likely N-dealkylation sites (tertiary alicyclic amines) is 1. The second-order valence-corrected chi connectivity index (χ2v) is 6.73. The molecule has 2 amide bonds. The Bertz CT molecular complexity index is 672. The van der Waals surface area contributed by atoms with Crippen LogP contribution in [0.2, 0.25) is 0 Å². The molecule has 3 rings (SSSR count). The molecule has 7 nitrogen and oxygen atoms in total. The van der Waals surface area contributed by atoms with E-state index in [0.29, 0.717) is 30.2 Å². The molecule has 1 unspecified atom stereocenters. The Morgan fingerprint density at radius 3 is 2.57 bits per heavy atom. The van der Waals surface area contributed by atoms with E-state index < -0.39 is 17.2 Å². The topological polar surface area (TPSA) is 88.1 Å². The lowest BCUT2D eigenvalue weighted by atomic mass is 9.90. The van der Waals surface area contributed by atoms with Gasteiger partial charge in [0.25, 0.3) is 0 Å². The molecule has 23 heavy (non-hydrogen) atoms. The molecule has 7 heteroatoms. The number of hydrogen-bond acceptors (Lipinski definition) is 4. The number of carboxylic acids is 1. The predicted molar refractivity (Wildman–Crippen MR) is 82.7 cm³/mol. The maximum Gasteiger partial charge on any atom is 0.321 e. The second kappa shape index (κ2) is 5.04. The van der Waals surface area contributed by atoms with Crippen molar-refractivity contribution in [2.24, 2.45) is 5.41 Å². The van der Waals surface area contributed by atoms with Crippen molar-refractivity contribution in [1.82, 2.24) is 4.90 Å². The Morgan fingerprint density at radius 1 is 1.22 bits per heavy atom. The maximum absolute atomic E-state index is 12.3. The summed E-state index contributed by atoms with van der Waals surface area (Å²) in [6, 6.07) is 4.86. The van der Waals surface area contributed by atoms with Crippen molar-refractivity contribution >= 4 is 17.7 Å². The van der Waals surface area contributed by atoms with E-state index in [-0.39, 0.29) is 12.6 Å². The van der Waals surface area contributed by atoms with Crippen LogP contribution in [0.4, 0.5) is 10.5 Å². The van der Waals surface area contributed by atoms with Gasteiger partial charge in [-0.25, -0.2) is 4.79 Å². The average Bonchev–Trinajstić information content (AvgIpc) is 2.98. The Kier molecular flexibility index (Phi) is 3.39. The number of carbonyl (C=O) groups is 2. The second-order valence-electron chi connectivity index (χ2n) is 6.73. The number of urea groups is 1. The van der Waals surface area contributed by atoms with Crippen molar-refractivity contribution in [3.63, 3.8) is 0 Å². The SMILES string of the molecule is CC1(C)Oc2ccc(NC(=O)N3CCC(C)(C(=O)O)C3)cc2O1. The van der Waals surface area contributed by atoms with Gasteiger partial charge in [-0.15, -0.1) is 0 Å². The zero-order chi connectivity index (χ0) is 16.8. The molecule has 1 atom stereocenters. The van der Waals surface area contributed by atoms with Crippen molar-refractivity contribution in [3.05, 3.63) is 18.2 Å². The van der Waals surface area contributed by atoms with Crippen LogP contribution in [0, 0.1) is 5.41 Å². The molecule has 0 aliphatic carbocycles. The number of benzene rings is 1. The van der Waals surface area contributed by atoms with Gasteiger partial charge in [0.2, 0.25) is 5.79 Å². The number of anilines is 1. The number of nitrogens with one attached hydrogen (secondary N) is 1. The first kappa shape index (κ1) is 15.5. The van der Waals surface area contributed by atoms with Gasteiger partial charge in [0, 0.05) is 38.7 Å². The van der Waals surface area contributed by atoms with Crippen LogP contribution in [0.25, 0.3) is 0 Å². The number of ether oxygens (including phenoxy) is 2. The minimum absolute atomic E-state index is 0.200. The Labute approximate surface area is 134 Å². The number of amides is 2. The summed E-state index contributed by atoms with van der Waals surface area (Å²) in [6.45, 7) is 5.90. The number of carboxylic acid groups (broad SMARTS) is 1. The van der Waals surface area contributed by atoms with E-state index in [4.69, 9.17) is 9.47 Å². The van der Waals surface area contributed by atoms with Gasteiger partial charge in [0.15, 0.2) is 11.5 Å². The van der Waals surface area contributed by atoms with Gasteiger partial charge < -0.3 is 24.8 Å². The van der Waals surface area contributed by atoms with E-state index in [9.17, 15) is 14.7 Å². The summed E-state index contributed by atoms with van der Waals surface area (Å²) in [5, 5.41) is 12.0.